The Morgan fingerprint density at radius 1 is 0.757 bits per heavy atom. The second-order valence-corrected chi connectivity index (χ2v) is 9.14. The molecular formula is C32H26O5. The number of methoxy groups -OCH3 is 1. The van der Waals surface area contributed by atoms with Gasteiger partial charge in [0, 0.05) is 11.1 Å². The lowest BCUT2D eigenvalue weighted by Gasteiger charge is -2.36. The van der Waals surface area contributed by atoms with Crippen molar-refractivity contribution < 1.29 is 23.9 Å². The van der Waals surface area contributed by atoms with Crippen molar-refractivity contribution in [2.24, 2.45) is 11.8 Å². The van der Waals surface area contributed by atoms with E-state index in [1.54, 1.807) is 98.1 Å². The number of ether oxygens (including phenoxy) is 2. The summed E-state index contributed by atoms with van der Waals surface area (Å²) in [7, 11) is 1.57. The number of carbonyl (C=O) groups excluding carboxylic acids is 3. The number of hydrogen-bond acceptors (Lipinski definition) is 5. The fourth-order valence-corrected chi connectivity index (χ4v) is 4.82. The molecule has 184 valence electrons. The molecule has 37 heavy (non-hydrogen) atoms. The maximum absolute atomic E-state index is 14.1. The number of aryl methyl sites for hydroxylation is 1. The van der Waals surface area contributed by atoms with Crippen LogP contribution < -0.4 is 9.47 Å². The molecule has 3 unspecified atom stereocenters. The minimum absolute atomic E-state index is 0.294. The Balaban J connectivity index is 1.68. The van der Waals surface area contributed by atoms with Crippen molar-refractivity contribution in [1.29, 1.82) is 0 Å². The van der Waals surface area contributed by atoms with Crippen LogP contribution in [0.1, 0.15) is 48.3 Å². The van der Waals surface area contributed by atoms with E-state index in [0.717, 1.165) is 5.56 Å². The standard InChI is InChI=1S/C32H26O5/c1-20-12-14-22(15-13-20)30(34)27(29(33)21-8-4-3-5-9-21)28-31(35)25-10-6-7-11-26(25)37-32(28)23-16-18-24(36-2)19-17-23/h3-19,27-28,32H,1-2H3. The van der Waals surface area contributed by atoms with E-state index in [9.17, 15) is 14.4 Å². The molecule has 0 aliphatic carbocycles. The number of rotatable bonds is 7. The minimum Gasteiger partial charge on any atom is -0.497 e. The van der Waals surface area contributed by atoms with Gasteiger partial charge in [-0.3, -0.25) is 14.4 Å². The van der Waals surface area contributed by atoms with E-state index in [2.05, 4.69) is 0 Å². The van der Waals surface area contributed by atoms with Crippen LogP contribution >= 0.6 is 0 Å². The highest BCUT2D eigenvalue weighted by molar-refractivity contribution is 6.20. The van der Waals surface area contributed by atoms with Crippen molar-refractivity contribution in [3.05, 3.63) is 131 Å². The SMILES string of the molecule is COc1ccc(C2Oc3ccccc3C(=O)C2C(C(=O)c2ccccc2)C(=O)c2ccc(C)cc2)cc1. The van der Waals surface area contributed by atoms with E-state index in [1.165, 1.54) is 0 Å². The molecule has 5 heteroatoms. The highest BCUT2D eigenvalue weighted by Gasteiger charge is 2.49. The first-order valence-corrected chi connectivity index (χ1v) is 12.1. The first-order chi connectivity index (χ1) is 18.0. The fraction of sp³-hybridized carbons (Fsp3) is 0.156. The molecule has 1 heterocycles. The summed E-state index contributed by atoms with van der Waals surface area (Å²) >= 11 is 0. The van der Waals surface area contributed by atoms with Gasteiger partial charge in [0.15, 0.2) is 17.3 Å². The predicted octanol–water partition coefficient (Wildman–Crippen LogP) is 6.32. The van der Waals surface area contributed by atoms with Gasteiger partial charge in [-0.05, 0) is 36.8 Å². The zero-order chi connectivity index (χ0) is 25.9. The number of hydrogen-bond donors (Lipinski definition) is 0. The predicted molar refractivity (Wildman–Crippen MR) is 140 cm³/mol. The average molecular weight is 491 g/mol. The summed E-state index contributed by atoms with van der Waals surface area (Å²) < 4.78 is 11.7. The van der Waals surface area contributed by atoms with Crippen LogP contribution in [0, 0.1) is 18.8 Å². The minimum atomic E-state index is -1.28. The lowest BCUT2D eigenvalue weighted by atomic mass is 9.71. The van der Waals surface area contributed by atoms with Gasteiger partial charge in [-0.2, -0.15) is 0 Å². The molecule has 0 saturated heterocycles. The van der Waals surface area contributed by atoms with E-state index >= 15 is 0 Å². The second kappa shape index (κ2) is 10.2. The van der Waals surface area contributed by atoms with Crippen molar-refractivity contribution in [2.75, 3.05) is 7.11 Å². The number of Topliss-reactive ketones (excluding diaryl/α,β-unsaturated/α-hetero) is 3. The topological polar surface area (TPSA) is 69.7 Å². The van der Waals surface area contributed by atoms with E-state index in [0.29, 0.717) is 33.8 Å². The molecule has 3 atom stereocenters. The highest BCUT2D eigenvalue weighted by Crippen LogP contribution is 2.44. The third-order valence-electron chi connectivity index (χ3n) is 6.80. The Hall–Kier alpha value is -4.51. The molecule has 0 N–H and O–H groups in total. The van der Waals surface area contributed by atoms with Crippen LogP contribution in [-0.2, 0) is 0 Å². The maximum Gasteiger partial charge on any atom is 0.174 e. The normalized spacial score (nSPS) is 17.3. The molecule has 0 amide bonds. The second-order valence-electron chi connectivity index (χ2n) is 9.14. The van der Waals surface area contributed by atoms with Crippen LogP contribution in [0.5, 0.6) is 11.5 Å². The largest absolute Gasteiger partial charge is 0.497 e. The van der Waals surface area contributed by atoms with Crippen LogP contribution in [0.15, 0.2) is 103 Å². The number of carbonyl (C=O) groups is 3. The smallest absolute Gasteiger partial charge is 0.174 e. The quantitative estimate of drug-likeness (QED) is 0.224. The van der Waals surface area contributed by atoms with Crippen LogP contribution in [0.3, 0.4) is 0 Å². The number of para-hydroxylation sites is 1. The molecule has 5 nitrogen and oxygen atoms in total. The molecule has 4 aromatic carbocycles. The molecule has 0 aromatic heterocycles. The van der Waals surface area contributed by atoms with Gasteiger partial charge in [0.1, 0.15) is 17.6 Å². The van der Waals surface area contributed by atoms with Crippen LogP contribution in [0.2, 0.25) is 0 Å². The summed E-state index contributed by atoms with van der Waals surface area (Å²) in [4.78, 5) is 42.2. The Labute approximate surface area is 215 Å². The molecule has 0 bridgehead atoms. The van der Waals surface area contributed by atoms with E-state index in [1.807, 2.05) is 19.1 Å². The molecular weight excluding hydrogens is 464 g/mol. The monoisotopic (exact) mass is 490 g/mol. The van der Waals surface area contributed by atoms with Gasteiger partial charge in [-0.15, -0.1) is 0 Å². The van der Waals surface area contributed by atoms with Crippen molar-refractivity contribution >= 4 is 17.3 Å². The summed E-state index contributed by atoms with van der Waals surface area (Å²) in [5, 5.41) is 0. The zero-order valence-corrected chi connectivity index (χ0v) is 20.6. The zero-order valence-electron chi connectivity index (χ0n) is 20.6. The Kier molecular flexibility index (Phi) is 6.69. The number of fused-ring (bicyclic) bond motifs is 1. The molecule has 0 saturated carbocycles. The summed E-state index contributed by atoms with van der Waals surface area (Å²) in [6, 6.07) is 29.8. The van der Waals surface area contributed by atoms with Crippen molar-refractivity contribution in [1.82, 2.24) is 0 Å². The van der Waals surface area contributed by atoms with Gasteiger partial charge in [0.25, 0.3) is 0 Å². The van der Waals surface area contributed by atoms with Crippen molar-refractivity contribution in [3.8, 4) is 11.5 Å². The molecule has 1 aliphatic rings. The lowest BCUT2D eigenvalue weighted by Crippen LogP contribution is -2.43. The average Bonchev–Trinajstić information content (AvgIpc) is 2.95. The Bertz CT molecular complexity index is 1440. The van der Waals surface area contributed by atoms with Gasteiger partial charge >= 0.3 is 0 Å². The highest BCUT2D eigenvalue weighted by atomic mass is 16.5. The maximum atomic E-state index is 14.1. The first kappa shape index (κ1) is 24.2. The van der Waals surface area contributed by atoms with Gasteiger partial charge in [-0.25, -0.2) is 0 Å². The summed E-state index contributed by atoms with van der Waals surface area (Å²) in [5.74, 6) is -2.38. The molecule has 1 aliphatic heterocycles. The third kappa shape index (κ3) is 4.68. The van der Waals surface area contributed by atoms with Crippen molar-refractivity contribution in [2.45, 2.75) is 13.0 Å². The van der Waals surface area contributed by atoms with E-state index in [4.69, 9.17) is 9.47 Å². The number of benzene rings is 4. The molecule has 0 radical (unpaired) electrons. The summed E-state index contributed by atoms with van der Waals surface area (Å²) in [6.45, 7) is 1.93. The van der Waals surface area contributed by atoms with E-state index < -0.39 is 29.5 Å². The van der Waals surface area contributed by atoms with E-state index in [-0.39, 0.29) is 5.78 Å². The molecule has 4 aromatic rings. The lowest BCUT2D eigenvalue weighted by molar-refractivity contribution is 0.0428. The summed E-state index contributed by atoms with van der Waals surface area (Å²) in [6.07, 6.45) is -0.847. The Morgan fingerprint density at radius 3 is 2.00 bits per heavy atom. The van der Waals surface area contributed by atoms with Crippen LogP contribution in [0.25, 0.3) is 0 Å². The molecule has 0 spiro atoms. The Morgan fingerprint density at radius 2 is 1.35 bits per heavy atom. The molecule has 0 fully saturated rings. The van der Waals surface area contributed by atoms with Gasteiger partial charge in [0.05, 0.1) is 24.5 Å². The third-order valence-corrected chi connectivity index (χ3v) is 6.80. The molecule has 5 rings (SSSR count). The van der Waals surface area contributed by atoms with Crippen LogP contribution in [-0.4, -0.2) is 24.5 Å². The van der Waals surface area contributed by atoms with Gasteiger partial charge in [-0.1, -0.05) is 84.4 Å². The first-order valence-electron chi connectivity index (χ1n) is 12.1. The fourth-order valence-electron chi connectivity index (χ4n) is 4.82. The number of ketones is 3. The van der Waals surface area contributed by atoms with Gasteiger partial charge in [0.2, 0.25) is 0 Å². The van der Waals surface area contributed by atoms with Gasteiger partial charge < -0.3 is 9.47 Å². The van der Waals surface area contributed by atoms with Crippen molar-refractivity contribution in [3.63, 3.8) is 0 Å². The van der Waals surface area contributed by atoms with Crippen LogP contribution in [0.4, 0.5) is 0 Å². The summed E-state index contributed by atoms with van der Waals surface area (Å²) in [5.41, 5.74) is 2.77.